The number of carbonyl (C=O) groups excluding carboxylic acids is 1. The van der Waals surface area contributed by atoms with Gasteiger partial charge in [-0.3, -0.25) is 4.79 Å². The third kappa shape index (κ3) is 2.37. The Morgan fingerprint density at radius 3 is 2.67 bits per heavy atom. The lowest BCUT2D eigenvalue weighted by Gasteiger charge is -2.40. The van der Waals surface area contributed by atoms with E-state index in [0.29, 0.717) is 0 Å². The predicted molar refractivity (Wildman–Crippen MR) is 79.1 cm³/mol. The molecule has 1 aliphatic carbocycles. The first-order chi connectivity index (χ1) is 9.84. The molecule has 118 valence electrons. The van der Waals surface area contributed by atoms with Crippen LogP contribution < -0.4 is 0 Å². The lowest BCUT2D eigenvalue weighted by molar-refractivity contribution is -0.148. The van der Waals surface area contributed by atoms with Crippen molar-refractivity contribution in [2.45, 2.75) is 63.9 Å². The topological polar surface area (TPSA) is 51.4 Å². The van der Waals surface area contributed by atoms with Crippen molar-refractivity contribution in [2.75, 3.05) is 13.7 Å². The van der Waals surface area contributed by atoms with Crippen LogP contribution in [0.5, 0.6) is 0 Å². The van der Waals surface area contributed by atoms with Gasteiger partial charge in [-0.1, -0.05) is 18.6 Å². The molecule has 0 aromatic heterocycles. The molecule has 4 nitrogen and oxygen atoms in total. The SMILES string of the molecule is CO[C@@H]1C(=O)C(C)C[C@]2(CO2)C1C1(C)O[C@@H]1CC=C(C)C. The van der Waals surface area contributed by atoms with Crippen molar-refractivity contribution in [1.29, 1.82) is 0 Å². The number of epoxide rings is 2. The number of hydrogen-bond acceptors (Lipinski definition) is 4. The molecule has 0 aromatic carbocycles. The van der Waals surface area contributed by atoms with Crippen molar-refractivity contribution in [1.82, 2.24) is 0 Å². The third-order valence-corrected chi connectivity index (χ3v) is 5.39. The highest BCUT2D eigenvalue weighted by Crippen LogP contribution is 2.59. The molecule has 1 spiro atoms. The van der Waals surface area contributed by atoms with Gasteiger partial charge in [-0.05, 0) is 33.6 Å². The number of hydrogen-bond donors (Lipinski definition) is 0. The number of methoxy groups -OCH3 is 1. The minimum Gasteiger partial charge on any atom is -0.373 e. The third-order valence-electron chi connectivity index (χ3n) is 5.39. The van der Waals surface area contributed by atoms with Gasteiger partial charge >= 0.3 is 0 Å². The van der Waals surface area contributed by atoms with Gasteiger partial charge in [0.2, 0.25) is 0 Å². The molecule has 2 aliphatic heterocycles. The summed E-state index contributed by atoms with van der Waals surface area (Å²) in [7, 11) is 1.63. The summed E-state index contributed by atoms with van der Waals surface area (Å²) >= 11 is 0. The van der Waals surface area contributed by atoms with E-state index in [0.717, 1.165) is 19.4 Å². The minimum atomic E-state index is -0.405. The molecule has 1 saturated carbocycles. The van der Waals surface area contributed by atoms with Gasteiger partial charge in [0.1, 0.15) is 17.3 Å². The fraction of sp³-hybridized carbons (Fsp3) is 0.824. The second-order valence-electron chi connectivity index (χ2n) is 7.30. The Bertz CT molecular complexity index is 475. The van der Waals surface area contributed by atoms with E-state index >= 15 is 0 Å². The first kappa shape index (κ1) is 15.2. The van der Waals surface area contributed by atoms with Crippen molar-refractivity contribution in [3.05, 3.63) is 11.6 Å². The summed E-state index contributed by atoms with van der Waals surface area (Å²) in [6.07, 6.45) is 3.65. The second-order valence-corrected chi connectivity index (χ2v) is 7.30. The molecule has 2 saturated heterocycles. The van der Waals surface area contributed by atoms with Gasteiger partial charge in [-0.2, -0.15) is 0 Å². The average Bonchev–Trinajstić information content (AvgIpc) is 3.31. The fourth-order valence-electron chi connectivity index (χ4n) is 4.10. The Morgan fingerprint density at radius 1 is 1.48 bits per heavy atom. The highest BCUT2D eigenvalue weighted by molar-refractivity contribution is 5.87. The Morgan fingerprint density at radius 2 is 2.14 bits per heavy atom. The number of ether oxygens (including phenoxy) is 3. The molecule has 3 rings (SSSR count). The second kappa shape index (κ2) is 4.90. The maximum atomic E-state index is 12.5. The normalized spacial score (nSPS) is 48.3. The Labute approximate surface area is 126 Å². The van der Waals surface area contributed by atoms with Crippen LogP contribution in [0.2, 0.25) is 0 Å². The van der Waals surface area contributed by atoms with Crippen molar-refractivity contribution in [2.24, 2.45) is 11.8 Å². The van der Waals surface area contributed by atoms with Crippen LogP contribution in [-0.2, 0) is 19.0 Å². The van der Waals surface area contributed by atoms with Gasteiger partial charge in [0.15, 0.2) is 5.78 Å². The first-order valence-electron chi connectivity index (χ1n) is 7.86. The van der Waals surface area contributed by atoms with Gasteiger partial charge in [-0.15, -0.1) is 0 Å². The van der Waals surface area contributed by atoms with Crippen LogP contribution >= 0.6 is 0 Å². The summed E-state index contributed by atoms with van der Waals surface area (Å²) < 4.78 is 17.4. The van der Waals surface area contributed by atoms with E-state index in [1.165, 1.54) is 5.57 Å². The smallest absolute Gasteiger partial charge is 0.164 e. The molecule has 0 radical (unpaired) electrons. The van der Waals surface area contributed by atoms with E-state index in [1.54, 1.807) is 7.11 Å². The summed E-state index contributed by atoms with van der Waals surface area (Å²) in [5.41, 5.74) is 0.781. The van der Waals surface area contributed by atoms with Crippen LogP contribution in [0, 0.1) is 11.8 Å². The van der Waals surface area contributed by atoms with Gasteiger partial charge in [-0.25, -0.2) is 0 Å². The summed E-state index contributed by atoms with van der Waals surface area (Å²) in [5, 5.41) is 0. The fourth-order valence-corrected chi connectivity index (χ4v) is 4.10. The molecule has 0 amide bonds. The van der Waals surface area contributed by atoms with Crippen LogP contribution in [0.1, 0.15) is 40.5 Å². The molecule has 4 heteroatoms. The number of ketones is 1. The Hall–Kier alpha value is -0.710. The highest BCUT2D eigenvalue weighted by Gasteiger charge is 2.72. The Kier molecular flexibility index (Phi) is 3.55. The molecule has 3 fully saturated rings. The standard InChI is InChI=1S/C17H26O4/c1-10(2)6-7-12-16(4,21-12)15-14(19-5)13(18)11(3)8-17(15)9-20-17/h6,11-12,14-15H,7-9H2,1-5H3/t11?,12-,14-,15?,16?,17+/m1/s1. The predicted octanol–water partition coefficient (Wildman–Crippen LogP) is 2.51. The lowest BCUT2D eigenvalue weighted by atomic mass is 9.66. The molecule has 0 bridgehead atoms. The summed E-state index contributed by atoms with van der Waals surface area (Å²) in [4.78, 5) is 12.5. The van der Waals surface area contributed by atoms with Crippen LogP contribution in [0.4, 0.5) is 0 Å². The number of Topliss-reactive ketones (excluding diaryl/α,β-unsaturated/α-hetero) is 1. The van der Waals surface area contributed by atoms with E-state index in [9.17, 15) is 4.79 Å². The number of carbonyl (C=O) groups is 1. The molecular formula is C17H26O4. The van der Waals surface area contributed by atoms with Gasteiger partial charge in [0.05, 0.1) is 18.6 Å². The molecule has 6 atom stereocenters. The van der Waals surface area contributed by atoms with Crippen LogP contribution in [-0.4, -0.2) is 42.9 Å². The molecule has 3 aliphatic rings. The van der Waals surface area contributed by atoms with Crippen LogP contribution in [0.15, 0.2) is 11.6 Å². The highest BCUT2D eigenvalue weighted by atomic mass is 16.6. The van der Waals surface area contributed by atoms with Crippen LogP contribution in [0.3, 0.4) is 0 Å². The quantitative estimate of drug-likeness (QED) is 0.590. The molecular weight excluding hydrogens is 268 g/mol. The lowest BCUT2D eigenvalue weighted by Crippen LogP contribution is -2.55. The minimum absolute atomic E-state index is 0.00674. The first-order valence-corrected chi connectivity index (χ1v) is 7.86. The van der Waals surface area contributed by atoms with Crippen molar-refractivity contribution < 1.29 is 19.0 Å². The van der Waals surface area contributed by atoms with Gasteiger partial charge < -0.3 is 14.2 Å². The zero-order valence-electron chi connectivity index (χ0n) is 13.6. The van der Waals surface area contributed by atoms with E-state index in [-0.39, 0.29) is 34.9 Å². The van der Waals surface area contributed by atoms with E-state index in [4.69, 9.17) is 14.2 Å². The van der Waals surface area contributed by atoms with E-state index in [1.807, 2.05) is 6.92 Å². The zero-order chi connectivity index (χ0) is 15.4. The summed E-state index contributed by atoms with van der Waals surface area (Å²) in [5.74, 6) is 0.211. The summed E-state index contributed by atoms with van der Waals surface area (Å²) in [6, 6.07) is 0. The molecule has 21 heavy (non-hydrogen) atoms. The zero-order valence-corrected chi connectivity index (χ0v) is 13.6. The van der Waals surface area contributed by atoms with Crippen molar-refractivity contribution in [3.63, 3.8) is 0 Å². The van der Waals surface area contributed by atoms with E-state index in [2.05, 4.69) is 26.8 Å². The average molecular weight is 294 g/mol. The number of rotatable bonds is 4. The number of allylic oxidation sites excluding steroid dienone is 1. The van der Waals surface area contributed by atoms with E-state index < -0.39 is 6.10 Å². The van der Waals surface area contributed by atoms with Crippen molar-refractivity contribution >= 4 is 5.78 Å². The van der Waals surface area contributed by atoms with Crippen LogP contribution in [0.25, 0.3) is 0 Å². The van der Waals surface area contributed by atoms with Crippen molar-refractivity contribution in [3.8, 4) is 0 Å². The Balaban J connectivity index is 1.82. The van der Waals surface area contributed by atoms with Gasteiger partial charge in [0.25, 0.3) is 0 Å². The molecule has 0 N–H and O–H groups in total. The maximum Gasteiger partial charge on any atom is 0.164 e. The largest absolute Gasteiger partial charge is 0.373 e. The maximum absolute atomic E-state index is 12.5. The summed E-state index contributed by atoms with van der Waals surface area (Å²) in [6.45, 7) is 9.00. The molecule has 0 aromatic rings. The molecule has 2 heterocycles. The molecule has 3 unspecified atom stereocenters. The van der Waals surface area contributed by atoms with Gasteiger partial charge in [0, 0.05) is 13.0 Å². The monoisotopic (exact) mass is 294 g/mol.